The van der Waals surface area contributed by atoms with Crippen LogP contribution in [-0.4, -0.2) is 59.3 Å². The molecule has 12 heteroatoms. The molecule has 0 aliphatic rings. The minimum Gasteiger partial charge on any atom is -0.497 e. The Bertz CT molecular complexity index is 1190. The van der Waals surface area contributed by atoms with E-state index in [0.29, 0.717) is 5.75 Å². The summed E-state index contributed by atoms with van der Waals surface area (Å²) in [7, 11) is 2.94. The first-order valence-electron chi connectivity index (χ1n) is 10.1. The molecule has 0 fully saturated rings. The van der Waals surface area contributed by atoms with Gasteiger partial charge in [0.05, 0.1) is 31.3 Å². The molecule has 0 N–H and O–H groups in total. The van der Waals surface area contributed by atoms with Crippen molar-refractivity contribution in [3.8, 4) is 11.5 Å². The third-order valence-corrected chi connectivity index (χ3v) is 4.66. The molecule has 0 saturated carbocycles. The number of rotatable bonds is 11. The summed E-state index contributed by atoms with van der Waals surface area (Å²) in [6.45, 7) is 1.59. The Morgan fingerprint density at radius 1 is 1.09 bits per heavy atom. The lowest BCUT2D eigenvalue weighted by Gasteiger charge is -2.10. The smallest absolute Gasteiger partial charge is 0.361 e. The fourth-order valence-corrected chi connectivity index (χ4v) is 3.09. The van der Waals surface area contributed by atoms with E-state index in [1.165, 1.54) is 31.0 Å². The Labute approximate surface area is 194 Å². The number of hydrogen-bond acceptors (Lipinski definition) is 10. The van der Waals surface area contributed by atoms with Gasteiger partial charge in [0.15, 0.2) is 6.79 Å². The van der Waals surface area contributed by atoms with Crippen molar-refractivity contribution in [2.75, 3.05) is 27.6 Å². The van der Waals surface area contributed by atoms with Crippen LogP contribution in [0.3, 0.4) is 0 Å². The Morgan fingerprint density at radius 3 is 2.41 bits per heavy atom. The second kappa shape index (κ2) is 11.0. The number of hydrogen-bond donors (Lipinski definition) is 0. The number of nitro benzene ring substituents is 1. The monoisotopic (exact) mass is 470 g/mol. The number of carbonyl (C=O) groups excluding carboxylic acids is 2. The van der Waals surface area contributed by atoms with Crippen LogP contribution in [0.1, 0.15) is 39.0 Å². The van der Waals surface area contributed by atoms with E-state index in [0.717, 1.165) is 11.6 Å². The Morgan fingerprint density at radius 2 is 1.79 bits per heavy atom. The lowest BCUT2D eigenvalue weighted by Crippen LogP contribution is -2.18. The Kier molecular flexibility index (Phi) is 7.88. The van der Waals surface area contributed by atoms with E-state index >= 15 is 0 Å². The minimum absolute atomic E-state index is 0.0451. The van der Waals surface area contributed by atoms with Crippen molar-refractivity contribution in [2.24, 2.45) is 0 Å². The van der Waals surface area contributed by atoms with E-state index in [4.69, 9.17) is 18.9 Å². The van der Waals surface area contributed by atoms with Crippen LogP contribution < -0.4 is 9.47 Å². The van der Waals surface area contributed by atoms with Gasteiger partial charge in [-0.1, -0.05) is 17.3 Å². The topological polar surface area (TPSA) is 145 Å². The van der Waals surface area contributed by atoms with E-state index in [1.54, 1.807) is 31.2 Å². The van der Waals surface area contributed by atoms with Crippen molar-refractivity contribution in [2.45, 2.75) is 13.5 Å². The molecule has 34 heavy (non-hydrogen) atoms. The first kappa shape index (κ1) is 24.3. The molecule has 0 saturated heterocycles. The number of ether oxygens (including phenoxy) is 4. The molecule has 0 bridgehead atoms. The quantitative estimate of drug-likeness (QED) is 0.135. The van der Waals surface area contributed by atoms with Gasteiger partial charge >= 0.3 is 5.97 Å². The summed E-state index contributed by atoms with van der Waals surface area (Å²) in [5.41, 5.74) is -0.616. The van der Waals surface area contributed by atoms with Gasteiger partial charge in [0, 0.05) is 7.11 Å². The summed E-state index contributed by atoms with van der Waals surface area (Å²) in [5, 5.41) is 19.5. The van der Waals surface area contributed by atoms with Gasteiger partial charge in [-0.2, -0.15) is 0 Å². The molecule has 0 spiro atoms. The van der Waals surface area contributed by atoms with Gasteiger partial charge in [-0.25, -0.2) is 9.48 Å². The van der Waals surface area contributed by atoms with Crippen LogP contribution in [0.2, 0.25) is 0 Å². The first-order chi connectivity index (χ1) is 16.4. The average molecular weight is 470 g/mol. The van der Waals surface area contributed by atoms with Crippen LogP contribution in [0.25, 0.3) is 0 Å². The molecule has 0 aliphatic carbocycles. The van der Waals surface area contributed by atoms with Crippen molar-refractivity contribution < 1.29 is 33.5 Å². The van der Waals surface area contributed by atoms with Crippen LogP contribution in [-0.2, 0) is 16.0 Å². The third-order valence-electron chi connectivity index (χ3n) is 4.66. The fourth-order valence-electron chi connectivity index (χ4n) is 3.09. The largest absolute Gasteiger partial charge is 0.497 e. The summed E-state index contributed by atoms with van der Waals surface area (Å²) in [4.78, 5) is 37.0. The molecule has 3 rings (SSSR count). The lowest BCUT2D eigenvalue weighted by atomic mass is 10.0. The number of nitro groups is 1. The zero-order valence-corrected chi connectivity index (χ0v) is 18.7. The molecule has 0 radical (unpaired) electrons. The predicted molar refractivity (Wildman–Crippen MR) is 117 cm³/mol. The molecule has 0 unspecified atom stereocenters. The minimum atomic E-state index is -0.866. The number of nitrogens with zero attached hydrogens (tertiary/aromatic N) is 4. The van der Waals surface area contributed by atoms with Gasteiger partial charge in [-0.05, 0) is 36.8 Å². The number of aromatic nitrogens is 3. The molecule has 1 aromatic heterocycles. The summed E-state index contributed by atoms with van der Waals surface area (Å²) in [5.74, 6) is -0.904. The zero-order chi connectivity index (χ0) is 24.7. The van der Waals surface area contributed by atoms with Crippen LogP contribution >= 0.6 is 0 Å². The molecule has 1 heterocycles. The van der Waals surface area contributed by atoms with Gasteiger partial charge in [0.25, 0.3) is 5.69 Å². The maximum absolute atomic E-state index is 13.5. The molecule has 12 nitrogen and oxygen atoms in total. The van der Waals surface area contributed by atoms with Crippen LogP contribution in [0.4, 0.5) is 5.69 Å². The summed E-state index contributed by atoms with van der Waals surface area (Å²) < 4.78 is 21.4. The van der Waals surface area contributed by atoms with Crippen molar-refractivity contribution in [1.82, 2.24) is 15.0 Å². The number of ketones is 1. The summed E-state index contributed by atoms with van der Waals surface area (Å²) in [6, 6.07) is 10.7. The van der Waals surface area contributed by atoms with Crippen LogP contribution in [0, 0.1) is 10.1 Å². The molecule has 0 amide bonds. The zero-order valence-electron chi connectivity index (χ0n) is 18.7. The number of benzene rings is 2. The number of methoxy groups -OCH3 is 2. The molecule has 178 valence electrons. The SMILES string of the molecule is CCOC(=O)c1nnn(Cc2ccc(OC)cc2)c1C(=O)c1ccc(OCOC)cc1[N+](=O)[O-]. The fraction of sp³-hybridized carbons (Fsp3) is 0.273. The first-order valence-corrected chi connectivity index (χ1v) is 10.1. The van der Waals surface area contributed by atoms with E-state index < -0.39 is 22.4 Å². The highest BCUT2D eigenvalue weighted by Gasteiger charge is 2.31. The molecular formula is C22H22N4O8. The Hall–Kier alpha value is -4.32. The van der Waals surface area contributed by atoms with Gasteiger partial charge < -0.3 is 18.9 Å². The number of carbonyl (C=O) groups is 2. The van der Waals surface area contributed by atoms with Gasteiger partial charge in [0.1, 0.15) is 22.8 Å². The number of esters is 1. The molecular weight excluding hydrogens is 448 g/mol. The highest BCUT2D eigenvalue weighted by atomic mass is 16.7. The van der Waals surface area contributed by atoms with E-state index in [1.807, 2.05) is 0 Å². The maximum Gasteiger partial charge on any atom is 0.361 e. The molecule has 0 aliphatic heterocycles. The van der Waals surface area contributed by atoms with Crippen molar-refractivity contribution >= 4 is 17.4 Å². The maximum atomic E-state index is 13.5. The second-order valence-electron chi connectivity index (χ2n) is 6.83. The average Bonchev–Trinajstić information content (AvgIpc) is 3.26. The van der Waals surface area contributed by atoms with Crippen LogP contribution in [0.5, 0.6) is 11.5 Å². The molecule has 0 atom stereocenters. The van der Waals surface area contributed by atoms with E-state index in [9.17, 15) is 19.7 Å². The highest BCUT2D eigenvalue weighted by molar-refractivity contribution is 6.14. The lowest BCUT2D eigenvalue weighted by molar-refractivity contribution is -0.385. The molecule has 3 aromatic rings. The standard InChI is InChI=1S/C22H22N4O8/c1-4-33-22(28)19-20(25(24-23-19)12-14-5-7-15(32-3)8-6-14)21(27)17-10-9-16(34-13-31-2)11-18(17)26(29)30/h5-11H,4,12-13H2,1-3H3. The normalized spacial score (nSPS) is 10.6. The Balaban J connectivity index is 2.06. The van der Waals surface area contributed by atoms with E-state index in [-0.39, 0.29) is 42.6 Å². The molecule has 2 aromatic carbocycles. The van der Waals surface area contributed by atoms with Gasteiger partial charge in [-0.3, -0.25) is 14.9 Å². The summed E-state index contributed by atoms with van der Waals surface area (Å²) in [6.07, 6.45) is 0. The van der Waals surface area contributed by atoms with Gasteiger partial charge in [0.2, 0.25) is 11.5 Å². The van der Waals surface area contributed by atoms with Crippen molar-refractivity contribution in [1.29, 1.82) is 0 Å². The second-order valence-corrected chi connectivity index (χ2v) is 6.83. The van der Waals surface area contributed by atoms with Crippen molar-refractivity contribution in [3.05, 3.63) is 75.1 Å². The van der Waals surface area contributed by atoms with Crippen molar-refractivity contribution in [3.63, 3.8) is 0 Å². The van der Waals surface area contributed by atoms with E-state index in [2.05, 4.69) is 10.3 Å². The summed E-state index contributed by atoms with van der Waals surface area (Å²) >= 11 is 0. The highest BCUT2D eigenvalue weighted by Crippen LogP contribution is 2.28. The van der Waals surface area contributed by atoms with Gasteiger partial charge in [-0.15, -0.1) is 5.10 Å². The predicted octanol–water partition coefficient (Wildman–Crippen LogP) is 2.63. The van der Waals surface area contributed by atoms with Crippen LogP contribution in [0.15, 0.2) is 42.5 Å². The third kappa shape index (κ3) is 5.35.